The van der Waals surface area contributed by atoms with Crippen molar-refractivity contribution in [2.24, 2.45) is 0 Å². The van der Waals surface area contributed by atoms with E-state index in [9.17, 15) is 8.42 Å². The van der Waals surface area contributed by atoms with Crippen molar-refractivity contribution in [2.75, 3.05) is 0 Å². The lowest BCUT2D eigenvalue weighted by Gasteiger charge is -2.05. The van der Waals surface area contributed by atoms with Gasteiger partial charge in [-0.15, -0.1) is 0 Å². The van der Waals surface area contributed by atoms with Gasteiger partial charge in [-0.25, -0.2) is 8.42 Å². The Morgan fingerprint density at radius 2 is 1.36 bits per heavy atom. The quantitative estimate of drug-likeness (QED) is 0.596. The average Bonchev–Trinajstić information content (AvgIpc) is 2.01. The van der Waals surface area contributed by atoms with E-state index in [2.05, 4.69) is 0 Å². The fourth-order valence-corrected chi connectivity index (χ4v) is 1.36. The molecule has 5 heteroatoms. The van der Waals surface area contributed by atoms with Crippen molar-refractivity contribution in [1.82, 2.24) is 0 Å². The molecule has 4 nitrogen and oxygen atoms in total. The summed E-state index contributed by atoms with van der Waals surface area (Å²) in [7, 11) is -3.56. The van der Waals surface area contributed by atoms with Crippen LogP contribution < -0.4 is 0 Å². The molecule has 60 valence electrons. The van der Waals surface area contributed by atoms with Crippen LogP contribution >= 0.6 is 0 Å². The van der Waals surface area contributed by atoms with Gasteiger partial charge in [-0.3, -0.25) is 0 Å². The predicted molar refractivity (Wildman–Crippen MR) is 39.1 cm³/mol. The number of sulfone groups is 1. The summed E-state index contributed by atoms with van der Waals surface area (Å²) in [6.45, 7) is 2.53. The van der Waals surface area contributed by atoms with Crippen LogP contribution in [0.1, 0.15) is 13.8 Å². The Balaban J connectivity index is 4.83. The number of nitriles is 2. The van der Waals surface area contributed by atoms with Crippen molar-refractivity contribution in [2.45, 2.75) is 24.3 Å². The van der Waals surface area contributed by atoms with Crippen LogP contribution in [-0.4, -0.2) is 18.9 Å². The zero-order chi connectivity index (χ0) is 9.07. The summed E-state index contributed by atoms with van der Waals surface area (Å²) in [6, 6.07) is 3.16. The first kappa shape index (κ1) is 9.93. The third-order valence-electron chi connectivity index (χ3n) is 1.35. The Morgan fingerprint density at radius 1 is 1.09 bits per heavy atom. The topological polar surface area (TPSA) is 81.7 Å². The van der Waals surface area contributed by atoms with Crippen LogP contribution in [0.3, 0.4) is 0 Å². The van der Waals surface area contributed by atoms with Crippen molar-refractivity contribution < 1.29 is 8.42 Å². The number of rotatable bonds is 2. The minimum Gasteiger partial charge on any atom is -0.226 e. The molecule has 0 aromatic carbocycles. The molecule has 0 heterocycles. The van der Waals surface area contributed by atoms with Crippen LogP contribution in [-0.2, 0) is 9.84 Å². The smallest absolute Gasteiger partial charge is 0.182 e. The molecular formula is C6H8N2O2S. The summed E-state index contributed by atoms with van der Waals surface area (Å²) < 4.78 is 22.1. The first-order valence-corrected chi connectivity index (χ1v) is 4.59. The van der Waals surface area contributed by atoms with E-state index < -0.39 is 20.3 Å². The molecule has 0 N–H and O–H groups in total. The fraction of sp³-hybridized carbons (Fsp3) is 0.667. The van der Waals surface area contributed by atoms with E-state index >= 15 is 0 Å². The van der Waals surface area contributed by atoms with Crippen molar-refractivity contribution in [3.05, 3.63) is 0 Å². The second kappa shape index (κ2) is 3.36. The van der Waals surface area contributed by atoms with E-state index in [4.69, 9.17) is 10.5 Å². The molecule has 0 saturated carbocycles. The predicted octanol–water partition coefficient (Wildman–Crippen LogP) is 0.225. The largest absolute Gasteiger partial charge is 0.226 e. The van der Waals surface area contributed by atoms with Crippen molar-refractivity contribution in [3.63, 3.8) is 0 Å². The third-order valence-corrected chi connectivity index (χ3v) is 3.53. The first-order valence-electron chi connectivity index (χ1n) is 2.98. The number of hydrogen-bond donors (Lipinski definition) is 0. The van der Waals surface area contributed by atoms with Gasteiger partial charge in [0, 0.05) is 0 Å². The molecular weight excluding hydrogens is 164 g/mol. The van der Waals surface area contributed by atoms with Crippen LogP contribution in [0.2, 0.25) is 0 Å². The Labute approximate surface area is 66.0 Å². The molecule has 0 aliphatic rings. The average molecular weight is 172 g/mol. The molecule has 0 aromatic heterocycles. The van der Waals surface area contributed by atoms with Crippen LogP contribution in [0, 0.1) is 22.7 Å². The summed E-state index contributed by atoms with van der Waals surface area (Å²) in [5.41, 5.74) is 0. The van der Waals surface area contributed by atoms with E-state index in [0.29, 0.717) is 0 Å². The van der Waals surface area contributed by atoms with Gasteiger partial charge in [0.1, 0.15) is 10.5 Å². The molecule has 0 bridgehead atoms. The Hall–Kier alpha value is -1.07. The normalized spacial score (nSPS) is 16.0. The molecule has 0 fully saturated rings. The first-order chi connectivity index (χ1) is 4.96. The van der Waals surface area contributed by atoms with Gasteiger partial charge in [-0.2, -0.15) is 10.5 Å². The minimum absolute atomic E-state index is 1.10. The van der Waals surface area contributed by atoms with Crippen molar-refractivity contribution >= 4 is 9.84 Å². The summed E-state index contributed by atoms with van der Waals surface area (Å²) in [6.07, 6.45) is 0. The molecule has 0 radical (unpaired) electrons. The highest BCUT2D eigenvalue weighted by molar-refractivity contribution is 7.93. The van der Waals surface area contributed by atoms with Gasteiger partial charge in [-0.1, -0.05) is 0 Å². The highest BCUT2D eigenvalue weighted by atomic mass is 32.2. The summed E-state index contributed by atoms with van der Waals surface area (Å²) in [5.74, 6) is 0. The van der Waals surface area contributed by atoms with Gasteiger partial charge in [0.25, 0.3) is 0 Å². The molecule has 0 rings (SSSR count). The lowest BCUT2D eigenvalue weighted by Crippen LogP contribution is -2.25. The number of hydrogen-bond acceptors (Lipinski definition) is 4. The molecule has 11 heavy (non-hydrogen) atoms. The van der Waals surface area contributed by atoms with Gasteiger partial charge in [-0.05, 0) is 13.8 Å². The maximum absolute atomic E-state index is 11.0. The maximum Gasteiger partial charge on any atom is 0.182 e. The highest BCUT2D eigenvalue weighted by Gasteiger charge is 2.27. The Morgan fingerprint density at radius 3 is 1.55 bits per heavy atom. The zero-order valence-electron chi connectivity index (χ0n) is 6.27. The van der Waals surface area contributed by atoms with E-state index in [1.807, 2.05) is 0 Å². The zero-order valence-corrected chi connectivity index (χ0v) is 7.09. The molecule has 0 aromatic rings. The Kier molecular flexibility index (Phi) is 3.03. The fourth-order valence-electron chi connectivity index (χ4n) is 0.453. The van der Waals surface area contributed by atoms with E-state index in [1.165, 1.54) is 13.8 Å². The van der Waals surface area contributed by atoms with Gasteiger partial charge in [0.2, 0.25) is 0 Å². The van der Waals surface area contributed by atoms with Crippen molar-refractivity contribution in [1.29, 1.82) is 10.5 Å². The summed E-state index contributed by atoms with van der Waals surface area (Å²) in [5, 5.41) is 14.4. The maximum atomic E-state index is 11.0. The van der Waals surface area contributed by atoms with Crippen LogP contribution in [0.4, 0.5) is 0 Å². The molecule has 0 saturated heterocycles. The molecule has 0 spiro atoms. The van der Waals surface area contributed by atoms with Gasteiger partial charge < -0.3 is 0 Å². The standard InChI is InChI=1S/C6H8N2O2S/c1-5(3-7)11(9,10)6(2)4-8/h5-6H,1-2H3. The van der Waals surface area contributed by atoms with E-state index in [1.54, 1.807) is 12.1 Å². The lowest BCUT2D eigenvalue weighted by molar-refractivity contribution is 0.587. The third kappa shape index (κ3) is 1.92. The summed E-state index contributed by atoms with van der Waals surface area (Å²) in [4.78, 5) is 0. The molecule has 2 atom stereocenters. The van der Waals surface area contributed by atoms with Gasteiger partial charge >= 0.3 is 0 Å². The Bertz CT molecular complexity index is 280. The molecule has 0 aliphatic heterocycles. The van der Waals surface area contributed by atoms with Crippen LogP contribution in [0.5, 0.6) is 0 Å². The SMILES string of the molecule is CC(C#N)S(=O)(=O)C(C)C#N. The second-order valence-corrected chi connectivity index (χ2v) is 4.72. The molecule has 2 unspecified atom stereocenters. The van der Waals surface area contributed by atoms with Crippen LogP contribution in [0.15, 0.2) is 0 Å². The lowest BCUT2D eigenvalue weighted by atomic mass is 10.5. The minimum atomic E-state index is -3.56. The number of nitrogens with zero attached hydrogens (tertiary/aromatic N) is 2. The monoisotopic (exact) mass is 172 g/mol. The van der Waals surface area contributed by atoms with Gasteiger partial charge in [0.05, 0.1) is 12.1 Å². The van der Waals surface area contributed by atoms with E-state index in [-0.39, 0.29) is 0 Å². The van der Waals surface area contributed by atoms with E-state index in [0.717, 1.165) is 0 Å². The molecule has 0 aliphatic carbocycles. The molecule has 0 amide bonds. The second-order valence-electron chi connectivity index (χ2n) is 2.13. The van der Waals surface area contributed by atoms with Crippen molar-refractivity contribution in [3.8, 4) is 12.1 Å². The van der Waals surface area contributed by atoms with Crippen LogP contribution in [0.25, 0.3) is 0 Å². The summed E-state index contributed by atoms with van der Waals surface area (Å²) >= 11 is 0. The highest BCUT2D eigenvalue weighted by Crippen LogP contribution is 2.07. The van der Waals surface area contributed by atoms with Gasteiger partial charge in [0.15, 0.2) is 9.84 Å².